The maximum atomic E-state index is 12.7. The lowest BCUT2D eigenvalue weighted by molar-refractivity contribution is -0.121. The second-order valence-corrected chi connectivity index (χ2v) is 8.98. The number of thiazole rings is 1. The molecule has 1 saturated heterocycles. The summed E-state index contributed by atoms with van der Waals surface area (Å²) in [5.74, 6) is -0.0111. The largest absolute Gasteiger partial charge is 0.472 e. The number of rotatable bonds is 5. The molecule has 1 aliphatic rings. The van der Waals surface area contributed by atoms with Gasteiger partial charge >= 0.3 is 0 Å². The van der Waals surface area contributed by atoms with Crippen LogP contribution >= 0.6 is 11.3 Å². The molecule has 4 rings (SSSR count). The standard InChI is InChI=1S/C23H25N3O3S/c1-15-3-5-17(6-4-15)22-20(30-16(2)24-22)13-21(27)25-19-7-10-26(11-8-19)23(28)18-9-12-29-14-18/h3-6,9,12,14,19H,7-8,10-11,13H2,1-2H3,(H,25,27). The number of nitrogens with zero attached hydrogens (tertiary/aromatic N) is 2. The van der Waals surface area contributed by atoms with Gasteiger partial charge < -0.3 is 14.6 Å². The molecule has 0 atom stereocenters. The molecule has 3 aromatic rings. The minimum atomic E-state index is -0.0172. The second-order valence-electron chi connectivity index (χ2n) is 7.69. The minimum Gasteiger partial charge on any atom is -0.472 e. The van der Waals surface area contributed by atoms with Crippen molar-refractivity contribution in [2.45, 2.75) is 39.2 Å². The molecule has 2 amide bonds. The first kappa shape index (κ1) is 20.3. The van der Waals surface area contributed by atoms with Crippen molar-refractivity contribution < 1.29 is 14.0 Å². The van der Waals surface area contributed by atoms with Crippen LogP contribution in [-0.2, 0) is 11.2 Å². The van der Waals surface area contributed by atoms with Gasteiger partial charge in [0.05, 0.1) is 28.9 Å². The molecule has 0 radical (unpaired) electrons. The first-order chi connectivity index (χ1) is 14.5. The summed E-state index contributed by atoms with van der Waals surface area (Å²) in [6, 6.07) is 10.00. The smallest absolute Gasteiger partial charge is 0.257 e. The molecule has 0 spiro atoms. The number of likely N-dealkylation sites (tertiary alicyclic amines) is 1. The molecule has 1 N–H and O–H groups in total. The third kappa shape index (κ3) is 4.62. The van der Waals surface area contributed by atoms with Crippen LogP contribution in [0.15, 0.2) is 47.3 Å². The van der Waals surface area contributed by atoms with Gasteiger partial charge in [0.1, 0.15) is 6.26 Å². The van der Waals surface area contributed by atoms with Crippen molar-refractivity contribution in [1.82, 2.24) is 15.2 Å². The third-order valence-electron chi connectivity index (χ3n) is 5.37. The maximum absolute atomic E-state index is 12.7. The van der Waals surface area contributed by atoms with Crippen LogP contribution < -0.4 is 5.32 Å². The normalized spacial score (nSPS) is 14.7. The van der Waals surface area contributed by atoms with Gasteiger partial charge in [-0.3, -0.25) is 9.59 Å². The number of hydrogen-bond donors (Lipinski definition) is 1. The first-order valence-electron chi connectivity index (χ1n) is 10.1. The molecule has 156 valence electrons. The van der Waals surface area contributed by atoms with Crippen LogP contribution in [0.1, 0.15) is 38.6 Å². The number of carbonyl (C=O) groups is 2. The molecular weight excluding hydrogens is 398 g/mol. The summed E-state index contributed by atoms with van der Waals surface area (Å²) in [5.41, 5.74) is 3.70. The van der Waals surface area contributed by atoms with Gasteiger partial charge in [-0.2, -0.15) is 0 Å². The van der Waals surface area contributed by atoms with Crippen molar-refractivity contribution in [2.24, 2.45) is 0 Å². The number of aromatic nitrogens is 1. The highest BCUT2D eigenvalue weighted by Crippen LogP contribution is 2.29. The fraction of sp³-hybridized carbons (Fsp3) is 0.348. The van der Waals surface area contributed by atoms with E-state index in [-0.39, 0.29) is 17.9 Å². The second kappa shape index (κ2) is 8.83. The summed E-state index contributed by atoms with van der Waals surface area (Å²) in [6.07, 6.45) is 4.80. The van der Waals surface area contributed by atoms with Crippen LogP contribution in [0.5, 0.6) is 0 Å². The fourth-order valence-corrected chi connectivity index (χ4v) is 4.70. The third-order valence-corrected chi connectivity index (χ3v) is 6.34. The van der Waals surface area contributed by atoms with Crippen molar-refractivity contribution in [1.29, 1.82) is 0 Å². The zero-order valence-electron chi connectivity index (χ0n) is 17.2. The molecule has 3 heterocycles. The van der Waals surface area contributed by atoms with Gasteiger partial charge in [-0.1, -0.05) is 29.8 Å². The Morgan fingerprint density at radius 3 is 2.57 bits per heavy atom. The topological polar surface area (TPSA) is 75.4 Å². The summed E-state index contributed by atoms with van der Waals surface area (Å²) in [6.45, 7) is 5.28. The molecule has 30 heavy (non-hydrogen) atoms. The Balaban J connectivity index is 1.34. The van der Waals surface area contributed by atoms with Crippen molar-refractivity contribution in [3.63, 3.8) is 0 Å². The maximum Gasteiger partial charge on any atom is 0.257 e. The Hall–Kier alpha value is -2.93. The van der Waals surface area contributed by atoms with Crippen LogP contribution in [0.3, 0.4) is 0 Å². The lowest BCUT2D eigenvalue weighted by Crippen LogP contribution is -2.46. The highest BCUT2D eigenvalue weighted by Gasteiger charge is 2.25. The van der Waals surface area contributed by atoms with Gasteiger partial charge in [0.25, 0.3) is 5.91 Å². The summed E-state index contributed by atoms with van der Waals surface area (Å²) in [5, 5.41) is 4.10. The Labute approximate surface area is 179 Å². The van der Waals surface area contributed by atoms with Crippen LogP contribution in [0, 0.1) is 13.8 Å². The molecule has 0 unspecified atom stereocenters. The van der Waals surface area contributed by atoms with E-state index in [1.54, 1.807) is 17.4 Å². The zero-order valence-corrected chi connectivity index (χ0v) is 18.0. The van der Waals surface area contributed by atoms with Gasteiger partial charge in [0, 0.05) is 29.6 Å². The van der Waals surface area contributed by atoms with E-state index in [1.165, 1.54) is 18.1 Å². The van der Waals surface area contributed by atoms with Gasteiger partial charge in [-0.05, 0) is 32.8 Å². The number of hydrogen-bond acceptors (Lipinski definition) is 5. The predicted molar refractivity (Wildman–Crippen MR) is 117 cm³/mol. The number of aryl methyl sites for hydroxylation is 2. The van der Waals surface area contributed by atoms with Crippen LogP contribution in [0.2, 0.25) is 0 Å². The summed E-state index contributed by atoms with van der Waals surface area (Å²) >= 11 is 1.57. The van der Waals surface area contributed by atoms with Gasteiger partial charge in [0.15, 0.2) is 0 Å². The van der Waals surface area contributed by atoms with E-state index in [9.17, 15) is 9.59 Å². The Bertz CT molecular complexity index is 1020. The number of furan rings is 1. The average Bonchev–Trinajstić information content (AvgIpc) is 3.39. The van der Waals surface area contributed by atoms with E-state index < -0.39 is 0 Å². The molecule has 0 bridgehead atoms. The van der Waals surface area contributed by atoms with E-state index in [0.717, 1.165) is 34.0 Å². The molecule has 0 aliphatic carbocycles. The Morgan fingerprint density at radius 2 is 1.90 bits per heavy atom. The van der Waals surface area contributed by atoms with Crippen LogP contribution in [0.4, 0.5) is 0 Å². The minimum absolute atomic E-state index is 0.00613. The van der Waals surface area contributed by atoms with Crippen molar-refractivity contribution in [2.75, 3.05) is 13.1 Å². The lowest BCUT2D eigenvalue weighted by Gasteiger charge is -2.32. The van der Waals surface area contributed by atoms with Crippen LogP contribution in [0.25, 0.3) is 11.3 Å². The molecule has 1 aromatic carbocycles. The van der Waals surface area contributed by atoms with Crippen molar-refractivity contribution in [3.05, 3.63) is 63.9 Å². The van der Waals surface area contributed by atoms with Gasteiger partial charge in [-0.15, -0.1) is 11.3 Å². The first-order valence-corrected chi connectivity index (χ1v) is 11.0. The summed E-state index contributed by atoms with van der Waals surface area (Å²) in [7, 11) is 0. The average molecular weight is 424 g/mol. The number of carbonyl (C=O) groups excluding carboxylic acids is 2. The van der Waals surface area contributed by atoms with E-state index in [0.29, 0.717) is 25.1 Å². The molecule has 7 heteroatoms. The van der Waals surface area contributed by atoms with E-state index in [2.05, 4.69) is 41.5 Å². The lowest BCUT2D eigenvalue weighted by atomic mass is 10.0. The quantitative estimate of drug-likeness (QED) is 0.673. The number of amides is 2. The predicted octanol–water partition coefficient (Wildman–Crippen LogP) is 3.98. The van der Waals surface area contributed by atoms with E-state index in [4.69, 9.17) is 4.42 Å². The molecule has 0 saturated carbocycles. The molecule has 1 fully saturated rings. The highest BCUT2D eigenvalue weighted by atomic mass is 32.1. The SMILES string of the molecule is Cc1ccc(-c2nc(C)sc2CC(=O)NC2CCN(C(=O)c3ccoc3)CC2)cc1. The molecule has 2 aromatic heterocycles. The van der Waals surface area contributed by atoms with E-state index >= 15 is 0 Å². The number of benzene rings is 1. The summed E-state index contributed by atoms with van der Waals surface area (Å²) in [4.78, 5) is 32.6. The van der Waals surface area contributed by atoms with Gasteiger partial charge in [-0.25, -0.2) is 4.98 Å². The van der Waals surface area contributed by atoms with Crippen molar-refractivity contribution >= 4 is 23.2 Å². The van der Waals surface area contributed by atoms with Crippen LogP contribution in [-0.4, -0.2) is 40.8 Å². The Kier molecular flexibility index (Phi) is 5.99. The molecule has 6 nitrogen and oxygen atoms in total. The summed E-state index contributed by atoms with van der Waals surface area (Å²) < 4.78 is 5.00. The zero-order chi connectivity index (χ0) is 21.1. The molecular formula is C23H25N3O3S. The Morgan fingerprint density at radius 1 is 1.17 bits per heavy atom. The van der Waals surface area contributed by atoms with Crippen molar-refractivity contribution in [3.8, 4) is 11.3 Å². The molecule has 1 aliphatic heterocycles. The number of nitrogens with one attached hydrogen (secondary N) is 1. The number of piperidine rings is 1. The fourth-order valence-electron chi connectivity index (χ4n) is 3.75. The van der Waals surface area contributed by atoms with E-state index in [1.807, 2.05) is 11.8 Å². The monoisotopic (exact) mass is 423 g/mol. The van der Waals surface area contributed by atoms with Gasteiger partial charge in [0.2, 0.25) is 5.91 Å². The highest BCUT2D eigenvalue weighted by molar-refractivity contribution is 7.12.